The molecule has 3 rings (SSSR count). The van der Waals surface area contributed by atoms with Crippen LogP contribution in [0.5, 0.6) is 0 Å². The van der Waals surface area contributed by atoms with Crippen LogP contribution in [0.3, 0.4) is 0 Å². The molecule has 1 aromatic carbocycles. The van der Waals surface area contributed by atoms with E-state index in [4.69, 9.17) is 0 Å². The lowest BCUT2D eigenvalue weighted by atomic mass is 9.92. The molecule has 3 unspecified atom stereocenters. The maximum Gasteiger partial charge on any atom is 0.226 e. The van der Waals surface area contributed by atoms with Gasteiger partial charge in [-0.2, -0.15) is 0 Å². The zero-order valence-corrected chi connectivity index (χ0v) is 12.8. The lowest BCUT2D eigenvalue weighted by molar-refractivity contribution is -0.133. The predicted molar refractivity (Wildman–Crippen MR) is 83.1 cm³/mol. The Morgan fingerprint density at radius 3 is 2.90 bits per heavy atom. The summed E-state index contributed by atoms with van der Waals surface area (Å²) in [4.78, 5) is 14.7. The van der Waals surface area contributed by atoms with Crippen LogP contribution in [0.1, 0.15) is 43.2 Å². The van der Waals surface area contributed by atoms with Crippen molar-refractivity contribution in [2.75, 3.05) is 19.7 Å². The minimum absolute atomic E-state index is 0.0636. The van der Waals surface area contributed by atoms with Gasteiger partial charge in [0, 0.05) is 19.0 Å². The summed E-state index contributed by atoms with van der Waals surface area (Å²) in [7, 11) is 0. The second-order valence-corrected chi connectivity index (χ2v) is 6.36. The van der Waals surface area contributed by atoms with Crippen molar-refractivity contribution in [3.05, 3.63) is 35.4 Å². The summed E-state index contributed by atoms with van der Waals surface area (Å²) in [5.41, 5.74) is 2.82. The molecule has 3 atom stereocenters. The molecule has 0 heterocycles. The molecule has 3 heteroatoms. The number of aryl methyl sites for hydroxylation is 1. The van der Waals surface area contributed by atoms with Crippen molar-refractivity contribution in [2.24, 2.45) is 11.8 Å². The molecule has 21 heavy (non-hydrogen) atoms. The highest BCUT2D eigenvalue weighted by Crippen LogP contribution is 2.60. The van der Waals surface area contributed by atoms with Gasteiger partial charge in [0.05, 0.1) is 6.61 Å². The number of aliphatic hydroxyl groups excluding tert-OH is 1. The van der Waals surface area contributed by atoms with E-state index in [9.17, 15) is 9.90 Å². The molecule has 1 saturated carbocycles. The third-order valence-corrected chi connectivity index (χ3v) is 5.08. The molecule has 114 valence electrons. The van der Waals surface area contributed by atoms with E-state index in [1.807, 2.05) is 4.90 Å². The highest BCUT2D eigenvalue weighted by atomic mass is 16.3. The maximum atomic E-state index is 12.8. The number of nitrogens with zero attached hydrogens (tertiary/aromatic N) is 1. The summed E-state index contributed by atoms with van der Waals surface area (Å²) >= 11 is 0. The van der Waals surface area contributed by atoms with Crippen LogP contribution < -0.4 is 0 Å². The monoisotopic (exact) mass is 287 g/mol. The molecule has 2 aliphatic rings. The second kappa shape index (κ2) is 6.18. The predicted octanol–water partition coefficient (Wildman–Crippen LogP) is 2.58. The first kappa shape index (κ1) is 14.6. The summed E-state index contributed by atoms with van der Waals surface area (Å²) in [6.07, 6.45) is 4.34. The Morgan fingerprint density at radius 2 is 2.14 bits per heavy atom. The quantitative estimate of drug-likeness (QED) is 0.873. The van der Waals surface area contributed by atoms with E-state index in [1.54, 1.807) is 0 Å². The molecule has 1 fully saturated rings. The van der Waals surface area contributed by atoms with Gasteiger partial charge in [-0.25, -0.2) is 0 Å². The fourth-order valence-electron chi connectivity index (χ4n) is 3.92. The van der Waals surface area contributed by atoms with Crippen molar-refractivity contribution in [2.45, 2.75) is 38.5 Å². The molecule has 1 amide bonds. The number of carbonyl (C=O) groups excluding carboxylic acids is 1. The molecule has 3 nitrogen and oxygen atoms in total. The Labute approximate surface area is 127 Å². The van der Waals surface area contributed by atoms with Gasteiger partial charge in [0.25, 0.3) is 0 Å². The molecule has 0 radical (unpaired) electrons. The average molecular weight is 287 g/mol. The van der Waals surface area contributed by atoms with Crippen molar-refractivity contribution in [1.29, 1.82) is 0 Å². The third-order valence-electron chi connectivity index (χ3n) is 5.08. The van der Waals surface area contributed by atoms with Crippen LogP contribution in [0, 0.1) is 11.8 Å². The van der Waals surface area contributed by atoms with Gasteiger partial charge in [0.2, 0.25) is 5.91 Å². The van der Waals surface area contributed by atoms with Crippen LogP contribution in [0.4, 0.5) is 0 Å². The van der Waals surface area contributed by atoms with E-state index in [-0.39, 0.29) is 18.4 Å². The molecule has 1 N–H and O–H groups in total. The maximum absolute atomic E-state index is 12.8. The van der Waals surface area contributed by atoms with Crippen molar-refractivity contribution in [3.8, 4) is 0 Å². The van der Waals surface area contributed by atoms with E-state index in [1.165, 1.54) is 11.1 Å². The Bertz CT molecular complexity index is 514. The molecule has 0 aliphatic heterocycles. The molecule has 2 aliphatic carbocycles. The van der Waals surface area contributed by atoms with Gasteiger partial charge in [-0.15, -0.1) is 0 Å². The van der Waals surface area contributed by atoms with E-state index in [0.717, 1.165) is 32.2 Å². The van der Waals surface area contributed by atoms with Crippen LogP contribution in [0.15, 0.2) is 24.3 Å². The minimum atomic E-state index is 0.0636. The lowest BCUT2D eigenvalue weighted by Crippen LogP contribution is -2.36. The number of carbonyl (C=O) groups is 1. The van der Waals surface area contributed by atoms with Crippen LogP contribution in [-0.2, 0) is 11.2 Å². The molecule has 1 aromatic rings. The van der Waals surface area contributed by atoms with Crippen LogP contribution in [0.2, 0.25) is 0 Å². The van der Waals surface area contributed by atoms with E-state index in [0.29, 0.717) is 18.4 Å². The Balaban J connectivity index is 1.72. The summed E-state index contributed by atoms with van der Waals surface area (Å²) in [5.74, 6) is 1.40. The Hall–Kier alpha value is -1.35. The molecular weight excluding hydrogens is 262 g/mol. The largest absolute Gasteiger partial charge is 0.395 e. The van der Waals surface area contributed by atoms with Crippen LogP contribution in [0.25, 0.3) is 0 Å². The SMILES string of the molecule is CCCCN(CCO)C(=O)C1C2CCc3ccccc3C21. The standard InChI is InChI=1S/C18H25NO2/c1-2-3-10-19(11-12-20)18(21)17-15-9-8-13-6-4-5-7-14(13)16(15)17/h4-7,15-17,20H,2-3,8-12H2,1H3. The Morgan fingerprint density at radius 1 is 1.33 bits per heavy atom. The number of rotatable bonds is 6. The Kier molecular flexibility index (Phi) is 4.29. The highest BCUT2D eigenvalue weighted by Gasteiger charge is 2.57. The van der Waals surface area contributed by atoms with Gasteiger partial charge >= 0.3 is 0 Å². The fourth-order valence-corrected chi connectivity index (χ4v) is 3.92. The summed E-state index contributed by atoms with van der Waals surface area (Å²) in [6.45, 7) is 3.47. The van der Waals surface area contributed by atoms with Gasteiger partial charge in [-0.3, -0.25) is 4.79 Å². The molecule has 0 saturated heterocycles. The lowest BCUT2D eigenvalue weighted by Gasteiger charge is -2.22. The minimum Gasteiger partial charge on any atom is -0.395 e. The molecule has 0 bridgehead atoms. The number of hydrogen-bond donors (Lipinski definition) is 1. The average Bonchev–Trinajstić information content (AvgIpc) is 3.25. The topological polar surface area (TPSA) is 40.5 Å². The summed E-state index contributed by atoms with van der Waals surface area (Å²) in [5, 5.41) is 9.21. The number of benzene rings is 1. The van der Waals surface area contributed by atoms with Crippen molar-refractivity contribution < 1.29 is 9.90 Å². The first-order valence-electron chi connectivity index (χ1n) is 8.25. The molecule has 0 aromatic heterocycles. The summed E-state index contributed by atoms with van der Waals surface area (Å²) < 4.78 is 0. The van der Waals surface area contributed by atoms with E-state index >= 15 is 0 Å². The van der Waals surface area contributed by atoms with Gasteiger partial charge in [0.1, 0.15) is 0 Å². The zero-order valence-electron chi connectivity index (χ0n) is 12.8. The summed E-state index contributed by atoms with van der Waals surface area (Å²) in [6, 6.07) is 8.58. The number of unbranched alkanes of at least 4 members (excludes halogenated alkanes) is 1. The number of amides is 1. The van der Waals surface area contributed by atoms with Crippen molar-refractivity contribution in [1.82, 2.24) is 4.90 Å². The van der Waals surface area contributed by atoms with Gasteiger partial charge in [-0.05, 0) is 42.2 Å². The second-order valence-electron chi connectivity index (χ2n) is 6.36. The smallest absolute Gasteiger partial charge is 0.226 e. The number of hydrogen-bond acceptors (Lipinski definition) is 2. The van der Waals surface area contributed by atoms with Crippen LogP contribution >= 0.6 is 0 Å². The zero-order chi connectivity index (χ0) is 14.8. The number of aliphatic hydroxyl groups is 1. The normalized spacial score (nSPS) is 25.9. The highest BCUT2D eigenvalue weighted by molar-refractivity contribution is 5.84. The first-order valence-corrected chi connectivity index (χ1v) is 8.25. The molecular formula is C18H25NO2. The first-order chi connectivity index (χ1) is 10.3. The van der Waals surface area contributed by atoms with Crippen molar-refractivity contribution >= 4 is 5.91 Å². The van der Waals surface area contributed by atoms with Crippen molar-refractivity contribution in [3.63, 3.8) is 0 Å². The van der Waals surface area contributed by atoms with E-state index in [2.05, 4.69) is 31.2 Å². The van der Waals surface area contributed by atoms with Gasteiger partial charge in [0.15, 0.2) is 0 Å². The molecule has 0 spiro atoms. The fraction of sp³-hybridized carbons (Fsp3) is 0.611. The third kappa shape index (κ3) is 2.71. The van der Waals surface area contributed by atoms with Crippen LogP contribution in [-0.4, -0.2) is 35.6 Å². The van der Waals surface area contributed by atoms with Gasteiger partial charge < -0.3 is 10.0 Å². The van der Waals surface area contributed by atoms with E-state index < -0.39 is 0 Å². The number of fused-ring (bicyclic) bond motifs is 3. The van der Waals surface area contributed by atoms with Gasteiger partial charge in [-0.1, -0.05) is 37.6 Å².